The highest BCUT2D eigenvalue weighted by atomic mass is 16.6. The summed E-state index contributed by atoms with van der Waals surface area (Å²) in [6.07, 6.45) is 4.40. The van der Waals surface area contributed by atoms with E-state index < -0.39 is 5.60 Å². The molecule has 5 nitrogen and oxygen atoms in total. The summed E-state index contributed by atoms with van der Waals surface area (Å²) in [4.78, 5) is 28.2. The summed E-state index contributed by atoms with van der Waals surface area (Å²) in [5.41, 5.74) is 0.0435. The molecule has 1 aliphatic rings. The standard InChI is InChI=1S/C17H24N2O3/c1-17(2,3)22-16(21)19-13-9-7-12(8-10-13)15(20)14-6-4-5-11-18-14/h4-6,11-13H,7-10H2,1-3H3,(H,19,21). The number of nitrogens with zero attached hydrogens (tertiary/aromatic N) is 1. The third-order valence-electron chi connectivity index (χ3n) is 3.74. The monoisotopic (exact) mass is 304 g/mol. The van der Waals surface area contributed by atoms with Crippen molar-refractivity contribution < 1.29 is 14.3 Å². The summed E-state index contributed by atoms with van der Waals surface area (Å²) in [6.45, 7) is 5.53. The second-order valence-corrected chi connectivity index (χ2v) is 6.77. The van der Waals surface area contributed by atoms with Gasteiger partial charge in [0, 0.05) is 18.2 Å². The van der Waals surface area contributed by atoms with Gasteiger partial charge in [-0.15, -0.1) is 0 Å². The molecule has 22 heavy (non-hydrogen) atoms. The van der Waals surface area contributed by atoms with Crippen molar-refractivity contribution in [2.24, 2.45) is 5.92 Å². The van der Waals surface area contributed by atoms with Gasteiger partial charge in [-0.1, -0.05) is 6.07 Å². The van der Waals surface area contributed by atoms with Crippen molar-refractivity contribution in [1.29, 1.82) is 0 Å². The Morgan fingerprint density at radius 3 is 2.41 bits per heavy atom. The maximum absolute atomic E-state index is 12.3. The number of nitrogens with one attached hydrogen (secondary N) is 1. The molecule has 0 bridgehead atoms. The third-order valence-corrected chi connectivity index (χ3v) is 3.74. The smallest absolute Gasteiger partial charge is 0.407 e. The molecule has 120 valence electrons. The van der Waals surface area contributed by atoms with Gasteiger partial charge in [0.15, 0.2) is 5.78 Å². The Bertz CT molecular complexity index is 514. The van der Waals surface area contributed by atoms with Crippen molar-refractivity contribution in [3.8, 4) is 0 Å². The molecule has 0 unspecified atom stereocenters. The van der Waals surface area contributed by atoms with E-state index in [1.54, 1.807) is 18.3 Å². The Hall–Kier alpha value is -1.91. The molecular weight excluding hydrogens is 280 g/mol. The number of hydrogen-bond acceptors (Lipinski definition) is 4. The van der Waals surface area contributed by atoms with Crippen LogP contribution < -0.4 is 5.32 Å². The number of alkyl carbamates (subject to hydrolysis) is 1. The molecule has 5 heteroatoms. The van der Waals surface area contributed by atoms with Crippen LogP contribution in [0.5, 0.6) is 0 Å². The van der Waals surface area contributed by atoms with E-state index in [0.717, 1.165) is 25.7 Å². The molecule has 1 heterocycles. The average molecular weight is 304 g/mol. The van der Waals surface area contributed by atoms with Crippen LogP contribution in [0.3, 0.4) is 0 Å². The summed E-state index contributed by atoms with van der Waals surface area (Å²) in [5.74, 6) is 0.114. The van der Waals surface area contributed by atoms with E-state index in [1.807, 2.05) is 26.8 Å². The quantitative estimate of drug-likeness (QED) is 0.870. The van der Waals surface area contributed by atoms with Gasteiger partial charge in [0.2, 0.25) is 0 Å². The molecule has 2 rings (SSSR count). The van der Waals surface area contributed by atoms with Crippen LogP contribution in [-0.4, -0.2) is 28.5 Å². The molecule has 1 fully saturated rings. The minimum absolute atomic E-state index is 0.00610. The van der Waals surface area contributed by atoms with E-state index in [2.05, 4.69) is 10.3 Å². The first-order valence-corrected chi connectivity index (χ1v) is 7.80. The van der Waals surface area contributed by atoms with E-state index in [4.69, 9.17) is 4.74 Å². The van der Waals surface area contributed by atoms with Gasteiger partial charge in [-0.3, -0.25) is 9.78 Å². The second kappa shape index (κ2) is 6.90. The zero-order valence-electron chi connectivity index (χ0n) is 13.5. The molecule has 0 spiro atoms. The van der Waals surface area contributed by atoms with Gasteiger partial charge in [-0.2, -0.15) is 0 Å². The molecule has 0 aliphatic heterocycles. The Labute approximate surface area is 131 Å². The predicted molar refractivity (Wildman–Crippen MR) is 83.7 cm³/mol. The number of rotatable bonds is 3. The van der Waals surface area contributed by atoms with Gasteiger partial charge in [-0.05, 0) is 58.6 Å². The van der Waals surface area contributed by atoms with Gasteiger partial charge >= 0.3 is 6.09 Å². The average Bonchev–Trinajstić information content (AvgIpc) is 2.46. The number of aromatic nitrogens is 1. The molecular formula is C17H24N2O3. The summed E-state index contributed by atoms with van der Waals surface area (Å²) in [7, 11) is 0. The fourth-order valence-corrected chi connectivity index (χ4v) is 2.69. The van der Waals surface area contributed by atoms with E-state index in [-0.39, 0.29) is 23.8 Å². The van der Waals surface area contributed by atoms with Crippen molar-refractivity contribution in [1.82, 2.24) is 10.3 Å². The molecule has 1 N–H and O–H groups in total. The van der Waals surface area contributed by atoms with Crippen molar-refractivity contribution >= 4 is 11.9 Å². The lowest BCUT2D eigenvalue weighted by Crippen LogP contribution is -2.41. The first-order chi connectivity index (χ1) is 10.3. The van der Waals surface area contributed by atoms with Crippen molar-refractivity contribution in [3.63, 3.8) is 0 Å². The van der Waals surface area contributed by atoms with Crippen LogP contribution in [0.2, 0.25) is 0 Å². The van der Waals surface area contributed by atoms with Gasteiger partial charge in [0.25, 0.3) is 0 Å². The lowest BCUT2D eigenvalue weighted by atomic mass is 9.82. The molecule has 1 aromatic heterocycles. The van der Waals surface area contributed by atoms with Crippen LogP contribution in [0.25, 0.3) is 0 Å². The summed E-state index contributed by atoms with van der Waals surface area (Å²) in [5, 5.41) is 2.89. The van der Waals surface area contributed by atoms with Crippen LogP contribution in [0, 0.1) is 5.92 Å². The number of carbonyl (C=O) groups is 2. The van der Waals surface area contributed by atoms with E-state index in [1.165, 1.54) is 0 Å². The van der Waals surface area contributed by atoms with Crippen molar-refractivity contribution in [2.45, 2.75) is 58.1 Å². The van der Waals surface area contributed by atoms with Crippen LogP contribution in [-0.2, 0) is 4.74 Å². The first kappa shape index (κ1) is 16.5. The zero-order chi connectivity index (χ0) is 16.2. The number of carbonyl (C=O) groups excluding carboxylic acids is 2. The number of hydrogen-bond donors (Lipinski definition) is 1. The Morgan fingerprint density at radius 2 is 1.86 bits per heavy atom. The van der Waals surface area contributed by atoms with E-state index in [9.17, 15) is 9.59 Å². The molecule has 1 amide bonds. The maximum atomic E-state index is 12.3. The van der Waals surface area contributed by atoms with Crippen molar-refractivity contribution in [2.75, 3.05) is 0 Å². The first-order valence-electron chi connectivity index (χ1n) is 7.80. The minimum atomic E-state index is -0.490. The van der Waals surface area contributed by atoms with E-state index in [0.29, 0.717) is 5.69 Å². The van der Waals surface area contributed by atoms with Gasteiger partial charge in [0.1, 0.15) is 11.3 Å². The van der Waals surface area contributed by atoms with Gasteiger partial charge in [0.05, 0.1) is 0 Å². The fourth-order valence-electron chi connectivity index (χ4n) is 2.69. The summed E-state index contributed by atoms with van der Waals surface area (Å²) >= 11 is 0. The van der Waals surface area contributed by atoms with Crippen LogP contribution in [0.4, 0.5) is 4.79 Å². The highest BCUT2D eigenvalue weighted by molar-refractivity contribution is 5.96. The number of Topliss-reactive ketones (excluding diaryl/α,β-unsaturated/α-hetero) is 1. The zero-order valence-corrected chi connectivity index (χ0v) is 13.5. The minimum Gasteiger partial charge on any atom is -0.444 e. The topological polar surface area (TPSA) is 68.3 Å². The van der Waals surface area contributed by atoms with Crippen LogP contribution in [0.1, 0.15) is 56.9 Å². The maximum Gasteiger partial charge on any atom is 0.407 e. The predicted octanol–water partition coefficient (Wildman–Crippen LogP) is 3.35. The lowest BCUT2D eigenvalue weighted by Gasteiger charge is -2.29. The van der Waals surface area contributed by atoms with Gasteiger partial charge < -0.3 is 10.1 Å². The van der Waals surface area contributed by atoms with E-state index >= 15 is 0 Å². The molecule has 1 aromatic rings. The second-order valence-electron chi connectivity index (χ2n) is 6.77. The number of amides is 1. The molecule has 0 radical (unpaired) electrons. The summed E-state index contributed by atoms with van der Waals surface area (Å²) < 4.78 is 5.26. The van der Waals surface area contributed by atoms with Crippen molar-refractivity contribution in [3.05, 3.63) is 30.1 Å². The molecule has 0 aromatic carbocycles. The number of ketones is 1. The third kappa shape index (κ3) is 4.83. The Balaban J connectivity index is 1.81. The fraction of sp³-hybridized carbons (Fsp3) is 0.588. The molecule has 1 saturated carbocycles. The Morgan fingerprint density at radius 1 is 1.18 bits per heavy atom. The number of ether oxygens (including phenoxy) is 1. The largest absolute Gasteiger partial charge is 0.444 e. The van der Waals surface area contributed by atoms with Crippen LogP contribution in [0.15, 0.2) is 24.4 Å². The number of pyridine rings is 1. The lowest BCUT2D eigenvalue weighted by molar-refractivity contribution is 0.0487. The normalized spacial score (nSPS) is 22.0. The van der Waals surface area contributed by atoms with Gasteiger partial charge in [-0.25, -0.2) is 4.79 Å². The SMILES string of the molecule is CC(C)(C)OC(=O)NC1CCC(C(=O)c2ccccn2)CC1. The summed E-state index contributed by atoms with van der Waals surface area (Å²) in [6, 6.07) is 5.48. The highest BCUT2D eigenvalue weighted by Crippen LogP contribution is 2.27. The molecule has 0 saturated heterocycles. The highest BCUT2D eigenvalue weighted by Gasteiger charge is 2.29. The molecule has 0 atom stereocenters. The molecule has 1 aliphatic carbocycles. The Kier molecular flexibility index (Phi) is 5.16. The van der Waals surface area contributed by atoms with Crippen LogP contribution >= 0.6 is 0 Å².